The molecule has 0 saturated carbocycles. The Hall–Kier alpha value is -3.95. The number of hydrogen-bond acceptors (Lipinski definition) is 3. The van der Waals surface area contributed by atoms with E-state index in [2.05, 4.69) is 45.6 Å². The number of halogens is 1. The Bertz CT molecular complexity index is 1660. The third-order valence-corrected chi connectivity index (χ3v) is 7.43. The van der Waals surface area contributed by atoms with Gasteiger partial charge in [0.05, 0.1) is 23.7 Å². The molecule has 5 rings (SSSR count). The number of benzene rings is 3. The lowest BCUT2D eigenvalue weighted by atomic mass is 9.99. The number of pyridine rings is 1. The largest absolute Gasteiger partial charge is 0.319 e. The molecule has 0 aliphatic rings. The lowest BCUT2D eigenvalue weighted by molar-refractivity contribution is 0.684. The zero-order valence-corrected chi connectivity index (χ0v) is 22.3. The van der Waals surface area contributed by atoms with Gasteiger partial charge in [-0.15, -0.1) is 0 Å². The molecule has 6 heteroatoms. The van der Waals surface area contributed by atoms with Crippen LogP contribution in [0.2, 0.25) is 0 Å². The van der Waals surface area contributed by atoms with Gasteiger partial charge in [0.15, 0.2) is 0 Å². The summed E-state index contributed by atoms with van der Waals surface area (Å²) in [7, 11) is 0. The highest BCUT2D eigenvalue weighted by Gasteiger charge is 2.16. The molecule has 37 heavy (non-hydrogen) atoms. The molecule has 2 heterocycles. The molecule has 0 spiro atoms. The molecule has 0 aliphatic carbocycles. The van der Waals surface area contributed by atoms with Gasteiger partial charge in [0, 0.05) is 23.6 Å². The van der Waals surface area contributed by atoms with Crippen LogP contribution in [0.25, 0.3) is 22.2 Å². The van der Waals surface area contributed by atoms with Crippen LogP contribution in [0, 0.1) is 11.3 Å². The van der Waals surface area contributed by atoms with Crippen molar-refractivity contribution < 1.29 is 0 Å². The zero-order chi connectivity index (χ0) is 25.8. The standard InChI is InChI=1S/C31H27BrN4O/c1-2-3-12-29-34-28-17-18-35(21-25-9-5-7-11-27(25)32)31(37)30(28)36(29)20-22-13-15-23(16-14-22)26-10-6-4-8-24(26)19-33/h4-11,13-18H,2-3,12,20-21H2,1H3. The van der Waals surface area contributed by atoms with Gasteiger partial charge in [-0.05, 0) is 46.9 Å². The van der Waals surface area contributed by atoms with E-state index in [1.54, 1.807) is 4.57 Å². The maximum Gasteiger partial charge on any atom is 0.277 e. The second kappa shape index (κ2) is 11.0. The number of unbranched alkanes of at least 4 members (excludes halogenated alkanes) is 1. The van der Waals surface area contributed by atoms with Gasteiger partial charge in [-0.3, -0.25) is 4.79 Å². The average molecular weight is 551 g/mol. The summed E-state index contributed by atoms with van der Waals surface area (Å²) in [6, 6.07) is 28.0. The van der Waals surface area contributed by atoms with Crippen molar-refractivity contribution in [1.29, 1.82) is 5.26 Å². The predicted octanol–water partition coefficient (Wildman–Crippen LogP) is 6.94. The SMILES string of the molecule is CCCCc1nc2ccn(Cc3ccccc3Br)c(=O)c2n1Cc1ccc(-c2ccccc2C#N)cc1. The van der Waals surface area contributed by atoms with E-state index in [0.717, 1.165) is 57.3 Å². The number of nitriles is 1. The number of aryl methyl sites for hydroxylation is 1. The minimum atomic E-state index is -0.0388. The van der Waals surface area contributed by atoms with Gasteiger partial charge in [0.1, 0.15) is 11.3 Å². The number of fused-ring (bicyclic) bond motifs is 1. The summed E-state index contributed by atoms with van der Waals surface area (Å²) in [5.41, 5.74) is 6.04. The fraction of sp³-hybridized carbons (Fsp3) is 0.194. The first-order chi connectivity index (χ1) is 18.1. The van der Waals surface area contributed by atoms with Crippen molar-refractivity contribution in [3.8, 4) is 17.2 Å². The Kier molecular flexibility index (Phi) is 7.34. The molecule has 184 valence electrons. The summed E-state index contributed by atoms with van der Waals surface area (Å²) in [5.74, 6) is 0.937. The maximum absolute atomic E-state index is 13.7. The van der Waals surface area contributed by atoms with Crippen LogP contribution in [0.4, 0.5) is 0 Å². The molecule has 5 nitrogen and oxygen atoms in total. The highest BCUT2D eigenvalue weighted by Crippen LogP contribution is 2.25. The topological polar surface area (TPSA) is 63.6 Å². The Morgan fingerprint density at radius 3 is 2.46 bits per heavy atom. The quantitative estimate of drug-likeness (QED) is 0.210. The summed E-state index contributed by atoms with van der Waals surface area (Å²) < 4.78 is 4.83. The molecule has 3 aromatic carbocycles. The summed E-state index contributed by atoms with van der Waals surface area (Å²) in [6.07, 6.45) is 4.73. The highest BCUT2D eigenvalue weighted by atomic mass is 79.9. The number of nitrogens with zero attached hydrogens (tertiary/aromatic N) is 4. The zero-order valence-electron chi connectivity index (χ0n) is 20.7. The summed E-state index contributed by atoms with van der Waals surface area (Å²) in [5, 5.41) is 9.47. The minimum absolute atomic E-state index is 0.0388. The predicted molar refractivity (Wildman–Crippen MR) is 152 cm³/mol. The van der Waals surface area contributed by atoms with E-state index in [1.165, 1.54) is 0 Å². The van der Waals surface area contributed by atoms with Gasteiger partial charge in [-0.25, -0.2) is 4.98 Å². The van der Waals surface area contributed by atoms with Gasteiger partial charge in [-0.2, -0.15) is 5.26 Å². The Balaban J connectivity index is 1.53. The molecule has 0 unspecified atom stereocenters. The number of aromatic nitrogens is 3. The van der Waals surface area contributed by atoms with Crippen molar-refractivity contribution >= 4 is 27.0 Å². The molecule has 0 saturated heterocycles. The average Bonchev–Trinajstić information content (AvgIpc) is 3.28. The van der Waals surface area contributed by atoms with Crippen LogP contribution in [0.15, 0.2) is 94.3 Å². The number of hydrogen-bond donors (Lipinski definition) is 0. The fourth-order valence-corrected chi connectivity index (χ4v) is 5.07. The van der Waals surface area contributed by atoms with E-state index in [-0.39, 0.29) is 5.56 Å². The van der Waals surface area contributed by atoms with Crippen LogP contribution in [-0.2, 0) is 19.5 Å². The molecule has 0 N–H and O–H groups in total. The van der Waals surface area contributed by atoms with Crippen LogP contribution in [0.3, 0.4) is 0 Å². The first kappa shape index (κ1) is 24.7. The summed E-state index contributed by atoms with van der Waals surface area (Å²) in [4.78, 5) is 18.6. The van der Waals surface area contributed by atoms with Crippen molar-refractivity contribution in [2.24, 2.45) is 0 Å². The van der Waals surface area contributed by atoms with E-state index >= 15 is 0 Å². The first-order valence-corrected chi connectivity index (χ1v) is 13.3. The smallest absolute Gasteiger partial charge is 0.277 e. The van der Waals surface area contributed by atoms with Gasteiger partial charge in [0.2, 0.25) is 0 Å². The van der Waals surface area contributed by atoms with Gasteiger partial charge >= 0.3 is 0 Å². The molecule has 5 aromatic rings. The van der Waals surface area contributed by atoms with Crippen molar-refractivity contribution in [3.63, 3.8) is 0 Å². The van der Waals surface area contributed by atoms with E-state index < -0.39 is 0 Å². The molecule has 2 aromatic heterocycles. The second-order valence-corrected chi connectivity index (χ2v) is 10.0. The lowest BCUT2D eigenvalue weighted by Crippen LogP contribution is -2.23. The first-order valence-electron chi connectivity index (χ1n) is 12.5. The third-order valence-electron chi connectivity index (χ3n) is 6.66. The molecule has 0 amide bonds. The fourth-order valence-electron chi connectivity index (χ4n) is 4.66. The van der Waals surface area contributed by atoms with Crippen LogP contribution >= 0.6 is 15.9 Å². The minimum Gasteiger partial charge on any atom is -0.319 e. The van der Waals surface area contributed by atoms with Crippen molar-refractivity contribution in [1.82, 2.24) is 14.1 Å². The van der Waals surface area contributed by atoms with Crippen LogP contribution in [-0.4, -0.2) is 14.1 Å². The normalized spacial score (nSPS) is 11.1. The monoisotopic (exact) mass is 550 g/mol. The summed E-state index contributed by atoms with van der Waals surface area (Å²) >= 11 is 3.60. The Morgan fingerprint density at radius 2 is 1.70 bits per heavy atom. The van der Waals surface area contributed by atoms with Crippen molar-refractivity contribution in [2.75, 3.05) is 0 Å². The molecule has 0 aliphatic heterocycles. The lowest BCUT2D eigenvalue weighted by Gasteiger charge is -2.12. The molecule has 0 atom stereocenters. The molecular formula is C31H27BrN4O. The molecule has 0 fully saturated rings. The van der Waals surface area contributed by atoms with E-state index in [1.807, 2.05) is 72.9 Å². The molecular weight excluding hydrogens is 524 g/mol. The maximum atomic E-state index is 13.7. The van der Waals surface area contributed by atoms with Crippen LogP contribution in [0.5, 0.6) is 0 Å². The van der Waals surface area contributed by atoms with E-state index in [9.17, 15) is 10.1 Å². The molecule has 0 bridgehead atoms. The number of rotatable bonds is 8. The number of imidazole rings is 1. The Labute approximate surface area is 224 Å². The van der Waals surface area contributed by atoms with Crippen molar-refractivity contribution in [3.05, 3.63) is 122 Å². The highest BCUT2D eigenvalue weighted by molar-refractivity contribution is 9.10. The second-order valence-electron chi connectivity index (χ2n) is 9.15. The van der Waals surface area contributed by atoms with Crippen molar-refractivity contribution in [2.45, 2.75) is 39.3 Å². The van der Waals surface area contributed by atoms with Gasteiger partial charge < -0.3 is 9.13 Å². The van der Waals surface area contributed by atoms with Gasteiger partial charge in [0.25, 0.3) is 5.56 Å². The van der Waals surface area contributed by atoms with E-state index in [4.69, 9.17) is 4.98 Å². The Morgan fingerprint density at radius 1 is 0.946 bits per heavy atom. The molecule has 0 radical (unpaired) electrons. The van der Waals surface area contributed by atoms with E-state index in [0.29, 0.717) is 24.2 Å². The van der Waals surface area contributed by atoms with Crippen LogP contribution < -0.4 is 5.56 Å². The third kappa shape index (κ3) is 5.14. The van der Waals surface area contributed by atoms with Gasteiger partial charge in [-0.1, -0.05) is 89.9 Å². The summed E-state index contributed by atoms with van der Waals surface area (Å²) in [6.45, 7) is 3.21. The van der Waals surface area contributed by atoms with Crippen LogP contribution in [0.1, 0.15) is 42.3 Å².